The summed E-state index contributed by atoms with van der Waals surface area (Å²) < 4.78 is 34.4. The molecular formula is C23H23F2N5O4S. The Morgan fingerprint density at radius 1 is 1.31 bits per heavy atom. The highest BCUT2D eigenvalue weighted by molar-refractivity contribution is 8.26. The quantitative estimate of drug-likeness (QED) is 0.435. The van der Waals surface area contributed by atoms with Crippen LogP contribution < -0.4 is 10.4 Å². The van der Waals surface area contributed by atoms with Gasteiger partial charge in [0.05, 0.1) is 17.2 Å². The number of pyridine rings is 1. The molecule has 9 nitrogen and oxygen atoms in total. The molecule has 3 aliphatic rings. The van der Waals surface area contributed by atoms with E-state index in [1.807, 2.05) is 11.9 Å². The van der Waals surface area contributed by atoms with Gasteiger partial charge in [-0.2, -0.15) is 0 Å². The summed E-state index contributed by atoms with van der Waals surface area (Å²) in [6.07, 6.45) is 2.35. The number of benzene rings is 1. The standard InChI is InChI=1S/C23H23F2N5O4S/c1-2-28-22(33)18-20(32)19(31)14(10-29(18)30-11-16-23(28,30)6-3-7-34-16)21(27)35-17(26)8-12-4-5-13(24)9-15(12)25/h4-5,9-10,16,26-27,32H,2-3,6-8,11H2,1H3. The van der Waals surface area contributed by atoms with Gasteiger partial charge < -0.3 is 14.7 Å². The Kier molecular flexibility index (Phi) is 5.67. The molecule has 0 saturated carbocycles. The summed E-state index contributed by atoms with van der Waals surface area (Å²) in [5.41, 5.74) is -1.90. The first-order chi connectivity index (χ1) is 16.7. The second-order valence-corrected chi connectivity index (χ2v) is 9.76. The number of fused-ring (bicyclic) bond motifs is 2. The average molecular weight is 504 g/mol. The molecule has 12 heteroatoms. The van der Waals surface area contributed by atoms with Crippen LogP contribution in [-0.4, -0.2) is 62.1 Å². The molecule has 2 aromatic rings. The minimum absolute atomic E-state index is 0.0813. The van der Waals surface area contributed by atoms with E-state index >= 15 is 0 Å². The van der Waals surface area contributed by atoms with Gasteiger partial charge in [0.15, 0.2) is 17.1 Å². The van der Waals surface area contributed by atoms with Crippen molar-refractivity contribution in [1.82, 2.24) is 9.58 Å². The second kappa shape index (κ2) is 8.45. The molecule has 5 rings (SSSR count). The molecule has 2 saturated heterocycles. The van der Waals surface area contributed by atoms with E-state index < -0.39 is 34.4 Å². The number of aromatic hydroxyl groups is 1. The highest BCUT2D eigenvalue weighted by atomic mass is 32.2. The Bertz CT molecular complexity index is 1330. The predicted molar refractivity (Wildman–Crippen MR) is 126 cm³/mol. The molecule has 2 atom stereocenters. The number of aromatic nitrogens is 1. The number of hydrogen-bond donors (Lipinski definition) is 3. The molecule has 3 N–H and O–H groups in total. The van der Waals surface area contributed by atoms with Crippen LogP contribution in [-0.2, 0) is 11.2 Å². The maximum absolute atomic E-state index is 14.0. The number of carbonyl (C=O) groups is 1. The summed E-state index contributed by atoms with van der Waals surface area (Å²) in [4.78, 5) is 27.9. The third-order valence-electron chi connectivity index (χ3n) is 6.80. The maximum Gasteiger partial charge on any atom is 0.278 e. The van der Waals surface area contributed by atoms with Gasteiger partial charge >= 0.3 is 0 Å². The lowest BCUT2D eigenvalue weighted by Gasteiger charge is -2.67. The van der Waals surface area contributed by atoms with Crippen molar-refractivity contribution in [3.05, 3.63) is 63.1 Å². The number of hydrogen-bond acceptors (Lipinski definition) is 8. The third-order valence-corrected chi connectivity index (χ3v) is 7.62. The zero-order valence-corrected chi connectivity index (χ0v) is 19.6. The molecule has 2 unspecified atom stereocenters. The van der Waals surface area contributed by atoms with Crippen LogP contribution in [0.4, 0.5) is 8.78 Å². The first-order valence-corrected chi connectivity index (χ1v) is 12.0. The lowest BCUT2D eigenvalue weighted by molar-refractivity contribution is -0.159. The van der Waals surface area contributed by atoms with Crippen molar-refractivity contribution in [2.24, 2.45) is 0 Å². The molecule has 184 valence electrons. The number of amides is 1. The molecule has 0 bridgehead atoms. The number of nitrogens with one attached hydrogen (secondary N) is 2. The van der Waals surface area contributed by atoms with E-state index in [4.69, 9.17) is 15.6 Å². The number of carbonyl (C=O) groups excluding carboxylic acids is 1. The monoisotopic (exact) mass is 503 g/mol. The van der Waals surface area contributed by atoms with Gasteiger partial charge in [-0.05, 0) is 31.4 Å². The number of ether oxygens (including phenoxy) is 1. The largest absolute Gasteiger partial charge is 0.502 e. The minimum Gasteiger partial charge on any atom is -0.502 e. The molecule has 4 heterocycles. The second-order valence-electron chi connectivity index (χ2n) is 8.65. The molecular weight excluding hydrogens is 480 g/mol. The Morgan fingerprint density at radius 2 is 2.09 bits per heavy atom. The number of rotatable bonds is 4. The van der Waals surface area contributed by atoms with Crippen molar-refractivity contribution in [1.29, 1.82) is 10.8 Å². The number of halogens is 2. The van der Waals surface area contributed by atoms with Gasteiger partial charge in [0.1, 0.15) is 22.8 Å². The topological polar surface area (TPSA) is 123 Å². The SMILES string of the molecule is CCN1C(=O)c2c(O)c(=O)c(C(=N)SC(=N)Cc3ccc(F)cc3F)cn2N2CC3OCCCC312. The van der Waals surface area contributed by atoms with E-state index in [1.54, 1.807) is 4.90 Å². The average Bonchev–Trinajstić information content (AvgIpc) is 2.79. The van der Waals surface area contributed by atoms with Gasteiger partial charge in [-0.15, -0.1) is 0 Å². The van der Waals surface area contributed by atoms with Crippen molar-refractivity contribution in [2.45, 2.75) is 38.0 Å². The van der Waals surface area contributed by atoms with Crippen LogP contribution in [0.3, 0.4) is 0 Å². The van der Waals surface area contributed by atoms with E-state index in [2.05, 4.69) is 0 Å². The van der Waals surface area contributed by atoms with Gasteiger partial charge in [-0.1, -0.05) is 17.8 Å². The third kappa shape index (κ3) is 3.46. The van der Waals surface area contributed by atoms with Crippen LogP contribution in [0.25, 0.3) is 0 Å². The summed E-state index contributed by atoms with van der Waals surface area (Å²) in [5.74, 6) is -2.79. The lowest BCUT2D eigenvalue weighted by Crippen LogP contribution is -2.86. The number of likely N-dealkylation sites (N-methyl/N-ethyl adjacent to an activating group) is 1. The Balaban J connectivity index is 1.47. The van der Waals surface area contributed by atoms with Crippen molar-refractivity contribution >= 4 is 27.8 Å². The van der Waals surface area contributed by atoms with E-state index in [0.717, 1.165) is 12.5 Å². The molecule has 1 amide bonds. The van der Waals surface area contributed by atoms with Crippen LogP contribution in [0.2, 0.25) is 0 Å². The van der Waals surface area contributed by atoms with E-state index in [-0.39, 0.29) is 39.4 Å². The molecule has 35 heavy (non-hydrogen) atoms. The van der Waals surface area contributed by atoms with Crippen molar-refractivity contribution in [3.63, 3.8) is 0 Å². The van der Waals surface area contributed by atoms with E-state index in [0.29, 0.717) is 43.9 Å². The normalized spacial score (nSPS) is 22.7. The minimum atomic E-state index is -0.896. The first kappa shape index (κ1) is 23.5. The summed E-state index contributed by atoms with van der Waals surface area (Å²) in [6, 6.07) is 3.02. The molecule has 1 aromatic heterocycles. The molecule has 0 radical (unpaired) electrons. The molecule has 0 aliphatic carbocycles. The first-order valence-electron chi connectivity index (χ1n) is 11.2. The molecule has 2 fully saturated rings. The summed E-state index contributed by atoms with van der Waals surface area (Å²) in [6.45, 7) is 3.24. The summed E-state index contributed by atoms with van der Waals surface area (Å²) in [5, 5.41) is 28.7. The van der Waals surface area contributed by atoms with E-state index in [1.165, 1.54) is 16.9 Å². The Hall–Kier alpha value is -3.25. The van der Waals surface area contributed by atoms with Crippen LogP contribution in [0.5, 0.6) is 5.75 Å². The highest BCUT2D eigenvalue weighted by Gasteiger charge is 2.64. The number of nitrogens with zero attached hydrogens (tertiary/aromatic N) is 3. The van der Waals surface area contributed by atoms with Crippen LogP contribution >= 0.6 is 11.8 Å². The highest BCUT2D eigenvalue weighted by Crippen LogP contribution is 2.46. The predicted octanol–water partition coefficient (Wildman–Crippen LogP) is 2.41. The molecule has 3 aliphatic heterocycles. The Morgan fingerprint density at radius 3 is 2.77 bits per heavy atom. The molecule has 1 spiro atoms. The van der Waals surface area contributed by atoms with Gasteiger partial charge in [-0.25, -0.2) is 8.78 Å². The molecule has 1 aromatic carbocycles. The van der Waals surface area contributed by atoms with Crippen LogP contribution in [0.15, 0.2) is 29.2 Å². The summed E-state index contributed by atoms with van der Waals surface area (Å²) in [7, 11) is 0. The zero-order chi connectivity index (χ0) is 25.1. The fourth-order valence-corrected chi connectivity index (χ4v) is 5.92. The van der Waals surface area contributed by atoms with Gasteiger partial charge in [0, 0.05) is 31.8 Å². The van der Waals surface area contributed by atoms with Crippen molar-refractivity contribution in [3.8, 4) is 5.75 Å². The fraction of sp³-hybridized carbons (Fsp3) is 0.391. The van der Waals surface area contributed by atoms with Crippen LogP contribution in [0, 0.1) is 22.5 Å². The Labute approximate surface area is 203 Å². The zero-order valence-electron chi connectivity index (χ0n) is 18.8. The lowest BCUT2D eigenvalue weighted by atomic mass is 9.82. The van der Waals surface area contributed by atoms with E-state index in [9.17, 15) is 23.5 Å². The van der Waals surface area contributed by atoms with Crippen molar-refractivity contribution in [2.75, 3.05) is 24.7 Å². The number of thioether (sulfide) groups is 1. The van der Waals surface area contributed by atoms with Crippen molar-refractivity contribution < 1.29 is 23.4 Å². The van der Waals surface area contributed by atoms with Gasteiger partial charge in [-0.3, -0.25) is 30.1 Å². The maximum atomic E-state index is 14.0. The van der Waals surface area contributed by atoms with Gasteiger partial charge in [0.2, 0.25) is 5.43 Å². The smallest absolute Gasteiger partial charge is 0.278 e. The summed E-state index contributed by atoms with van der Waals surface area (Å²) >= 11 is 0.624. The van der Waals surface area contributed by atoms with Crippen LogP contribution in [0.1, 0.15) is 41.4 Å². The fourth-order valence-electron chi connectivity index (χ4n) is 5.19. The van der Waals surface area contributed by atoms with Gasteiger partial charge in [0.25, 0.3) is 5.91 Å².